The van der Waals surface area contributed by atoms with Crippen molar-refractivity contribution in [3.63, 3.8) is 0 Å². The van der Waals surface area contributed by atoms with Crippen LogP contribution < -0.4 is 5.73 Å². The molecule has 0 aromatic carbocycles. The van der Waals surface area contributed by atoms with Gasteiger partial charge in [0.15, 0.2) is 0 Å². The molecule has 108 valence electrons. The second kappa shape index (κ2) is 6.88. The molecule has 0 saturated carbocycles. The monoisotopic (exact) mass is 255 g/mol. The molecule has 0 aromatic rings. The molecule has 0 radical (unpaired) electrons. The Labute approximate surface area is 114 Å². The van der Waals surface area contributed by atoms with Crippen molar-refractivity contribution in [2.45, 2.75) is 58.5 Å². The van der Waals surface area contributed by atoms with Gasteiger partial charge in [-0.25, -0.2) is 0 Å². The van der Waals surface area contributed by atoms with Crippen molar-refractivity contribution in [2.24, 2.45) is 11.1 Å². The van der Waals surface area contributed by atoms with Crippen molar-refractivity contribution >= 4 is 0 Å². The quantitative estimate of drug-likeness (QED) is 0.789. The van der Waals surface area contributed by atoms with Gasteiger partial charge in [0.2, 0.25) is 0 Å². The van der Waals surface area contributed by atoms with E-state index in [2.05, 4.69) is 44.7 Å². The van der Waals surface area contributed by atoms with Crippen LogP contribution in [0.5, 0.6) is 0 Å². The lowest BCUT2D eigenvalue weighted by Crippen LogP contribution is -2.38. The van der Waals surface area contributed by atoms with Gasteiger partial charge in [0.25, 0.3) is 0 Å². The first-order valence-corrected chi connectivity index (χ1v) is 7.42. The highest BCUT2D eigenvalue weighted by Crippen LogP contribution is 2.21. The van der Waals surface area contributed by atoms with Gasteiger partial charge in [-0.2, -0.15) is 0 Å². The minimum Gasteiger partial charge on any atom is -0.328 e. The fourth-order valence-electron chi connectivity index (χ4n) is 2.94. The van der Waals surface area contributed by atoms with E-state index >= 15 is 0 Å². The van der Waals surface area contributed by atoms with Gasteiger partial charge in [0.05, 0.1) is 0 Å². The summed E-state index contributed by atoms with van der Waals surface area (Å²) in [5.41, 5.74) is 6.56. The number of rotatable bonds is 6. The molecule has 18 heavy (non-hydrogen) atoms. The summed E-state index contributed by atoms with van der Waals surface area (Å²) in [5.74, 6) is 0. The van der Waals surface area contributed by atoms with Gasteiger partial charge < -0.3 is 15.5 Å². The first-order chi connectivity index (χ1) is 8.28. The summed E-state index contributed by atoms with van der Waals surface area (Å²) in [6, 6.07) is 1.10. The SMILES string of the molecule is CN(CCC(N)CC(C)(C)C)CC1CCCN1C. The zero-order valence-electron chi connectivity index (χ0n) is 13.1. The lowest BCUT2D eigenvalue weighted by molar-refractivity contribution is 0.211. The van der Waals surface area contributed by atoms with Gasteiger partial charge in [-0.15, -0.1) is 0 Å². The Morgan fingerprint density at radius 2 is 2.06 bits per heavy atom. The summed E-state index contributed by atoms with van der Waals surface area (Å²) in [6.45, 7) is 10.4. The largest absolute Gasteiger partial charge is 0.328 e. The van der Waals surface area contributed by atoms with Crippen molar-refractivity contribution in [3.8, 4) is 0 Å². The minimum atomic E-state index is 0.341. The maximum absolute atomic E-state index is 6.21. The highest BCUT2D eigenvalue weighted by Gasteiger charge is 2.22. The van der Waals surface area contributed by atoms with Crippen molar-refractivity contribution < 1.29 is 0 Å². The number of likely N-dealkylation sites (tertiary alicyclic amines) is 1. The lowest BCUT2D eigenvalue weighted by atomic mass is 9.87. The third-order valence-corrected chi connectivity index (χ3v) is 3.95. The zero-order chi connectivity index (χ0) is 13.8. The number of hydrogen-bond donors (Lipinski definition) is 1. The van der Waals surface area contributed by atoms with Gasteiger partial charge in [0, 0.05) is 18.6 Å². The average Bonchev–Trinajstić information content (AvgIpc) is 2.59. The fourth-order valence-corrected chi connectivity index (χ4v) is 2.94. The first-order valence-electron chi connectivity index (χ1n) is 7.42. The zero-order valence-corrected chi connectivity index (χ0v) is 13.1. The predicted octanol–water partition coefficient (Wildman–Crippen LogP) is 2.17. The minimum absolute atomic E-state index is 0.341. The van der Waals surface area contributed by atoms with Gasteiger partial charge in [-0.05, 0) is 58.3 Å². The number of nitrogens with two attached hydrogens (primary N) is 1. The van der Waals surface area contributed by atoms with Crippen LogP contribution in [0.15, 0.2) is 0 Å². The lowest BCUT2D eigenvalue weighted by Gasteiger charge is -2.28. The molecule has 2 unspecified atom stereocenters. The molecule has 2 N–H and O–H groups in total. The van der Waals surface area contributed by atoms with E-state index in [0.29, 0.717) is 11.5 Å². The summed E-state index contributed by atoms with van der Waals surface area (Å²) in [7, 11) is 4.48. The van der Waals surface area contributed by atoms with E-state index in [1.54, 1.807) is 0 Å². The second-order valence-electron chi connectivity index (χ2n) is 7.35. The first kappa shape index (κ1) is 15.9. The third-order valence-electron chi connectivity index (χ3n) is 3.95. The van der Waals surface area contributed by atoms with E-state index in [1.165, 1.54) is 25.9 Å². The van der Waals surface area contributed by atoms with Gasteiger partial charge in [-0.1, -0.05) is 20.8 Å². The van der Waals surface area contributed by atoms with Crippen LogP contribution in [-0.4, -0.2) is 55.6 Å². The summed E-state index contributed by atoms with van der Waals surface area (Å²) >= 11 is 0. The van der Waals surface area contributed by atoms with Crippen LogP contribution in [0.1, 0.15) is 46.5 Å². The summed E-state index contributed by atoms with van der Waals surface area (Å²) in [5, 5.41) is 0. The van der Waals surface area contributed by atoms with E-state index in [1.807, 2.05) is 0 Å². The molecule has 1 aliphatic heterocycles. The van der Waals surface area contributed by atoms with Crippen LogP contribution in [0.25, 0.3) is 0 Å². The molecule has 1 fully saturated rings. The van der Waals surface area contributed by atoms with Crippen LogP contribution in [0.2, 0.25) is 0 Å². The maximum atomic E-state index is 6.21. The molecule has 1 rings (SSSR count). The third kappa shape index (κ3) is 6.17. The molecule has 0 aliphatic carbocycles. The summed E-state index contributed by atoms with van der Waals surface area (Å²) in [4.78, 5) is 4.95. The fraction of sp³-hybridized carbons (Fsp3) is 1.00. The maximum Gasteiger partial charge on any atom is 0.0220 e. The van der Waals surface area contributed by atoms with E-state index in [0.717, 1.165) is 25.4 Å². The Balaban J connectivity index is 2.18. The topological polar surface area (TPSA) is 32.5 Å². The average molecular weight is 255 g/mol. The molecule has 1 heterocycles. The molecule has 3 nitrogen and oxygen atoms in total. The van der Waals surface area contributed by atoms with Crippen molar-refractivity contribution in [1.82, 2.24) is 9.80 Å². The number of likely N-dealkylation sites (N-methyl/N-ethyl adjacent to an activating group) is 2. The normalized spacial score (nSPS) is 23.8. The molecule has 0 bridgehead atoms. The number of nitrogens with zero attached hydrogens (tertiary/aromatic N) is 2. The molecular weight excluding hydrogens is 222 g/mol. The molecule has 1 aliphatic rings. The second-order valence-corrected chi connectivity index (χ2v) is 7.35. The molecule has 3 heteroatoms. The summed E-state index contributed by atoms with van der Waals surface area (Å²) in [6.07, 6.45) is 4.95. The predicted molar refractivity (Wildman–Crippen MR) is 79.8 cm³/mol. The Morgan fingerprint density at radius 1 is 1.39 bits per heavy atom. The van der Waals surface area contributed by atoms with Gasteiger partial charge in [0.1, 0.15) is 0 Å². The molecule has 0 spiro atoms. The Kier molecular flexibility index (Phi) is 6.09. The van der Waals surface area contributed by atoms with Crippen LogP contribution in [-0.2, 0) is 0 Å². The number of hydrogen-bond acceptors (Lipinski definition) is 3. The molecular formula is C15H33N3. The highest BCUT2D eigenvalue weighted by molar-refractivity contribution is 4.79. The Hall–Kier alpha value is -0.120. The summed E-state index contributed by atoms with van der Waals surface area (Å²) < 4.78 is 0. The van der Waals surface area contributed by atoms with Crippen LogP contribution in [0.4, 0.5) is 0 Å². The van der Waals surface area contributed by atoms with Crippen molar-refractivity contribution in [1.29, 1.82) is 0 Å². The smallest absolute Gasteiger partial charge is 0.0220 e. The van der Waals surface area contributed by atoms with E-state index < -0.39 is 0 Å². The van der Waals surface area contributed by atoms with Gasteiger partial charge in [-0.3, -0.25) is 0 Å². The van der Waals surface area contributed by atoms with Gasteiger partial charge >= 0.3 is 0 Å². The molecule has 0 amide bonds. The Morgan fingerprint density at radius 3 is 2.56 bits per heavy atom. The van der Waals surface area contributed by atoms with Crippen LogP contribution >= 0.6 is 0 Å². The van der Waals surface area contributed by atoms with E-state index in [-0.39, 0.29) is 0 Å². The van der Waals surface area contributed by atoms with Crippen molar-refractivity contribution in [3.05, 3.63) is 0 Å². The van der Waals surface area contributed by atoms with E-state index in [9.17, 15) is 0 Å². The molecule has 0 aromatic heterocycles. The Bertz CT molecular complexity index is 234. The van der Waals surface area contributed by atoms with Crippen molar-refractivity contribution in [2.75, 3.05) is 33.7 Å². The van der Waals surface area contributed by atoms with Crippen LogP contribution in [0, 0.1) is 5.41 Å². The molecule has 1 saturated heterocycles. The highest BCUT2D eigenvalue weighted by atomic mass is 15.2. The van der Waals surface area contributed by atoms with Crippen LogP contribution in [0.3, 0.4) is 0 Å². The standard InChI is InChI=1S/C15H33N3/c1-15(2,3)11-13(16)8-10-17(4)12-14-7-6-9-18(14)5/h13-14H,6-12,16H2,1-5H3. The molecule has 2 atom stereocenters. The van der Waals surface area contributed by atoms with E-state index in [4.69, 9.17) is 5.73 Å².